The summed E-state index contributed by atoms with van der Waals surface area (Å²) < 4.78 is 0. The zero-order valence-electron chi connectivity index (χ0n) is 7.90. The Labute approximate surface area is 70.7 Å². The molecule has 0 N–H and O–H groups in total. The minimum Gasteiger partial charge on any atom is -0.0850 e. The fourth-order valence-corrected chi connectivity index (χ4v) is 1.83. The summed E-state index contributed by atoms with van der Waals surface area (Å²) in [5, 5.41) is 0. The Morgan fingerprint density at radius 3 is 2.82 bits per heavy atom. The minimum atomic E-state index is 0.895. The van der Waals surface area contributed by atoms with E-state index in [1.807, 2.05) is 0 Å². The van der Waals surface area contributed by atoms with Crippen LogP contribution in [0.25, 0.3) is 0 Å². The van der Waals surface area contributed by atoms with E-state index in [1.165, 1.54) is 38.5 Å². The van der Waals surface area contributed by atoms with Crippen LogP contribution < -0.4 is 0 Å². The first-order valence-corrected chi connectivity index (χ1v) is 5.03. The van der Waals surface area contributed by atoms with E-state index in [9.17, 15) is 0 Å². The molecule has 1 atom stereocenters. The number of rotatable bonds is 4. The van der Waals surface area contributed by atoms with Crippen molar-refractivity contribution in [2.45, 2.75) is 52.4 Å². The highest BCUT2D eigenvalue weighted by atomic mass is 14.2. The van der Waals surface area contributed by atoms with Gasteiger partial charge in [0.2, 0.25) is 0 Å². The Bertz CT molecular complexity index is 133. The van der Waals surface area contributed by atoms with Gasteiger partial charge >= 0.3 is 0 Å². The largest absolute Gasteiger partial charge is 0.0850 e. The molecule has 0 fully saturated rings. The van der Waals surface area contributed by atoms with Gasteiger partial charge in [-0.25, -0.2) is 0 Å². The second-order valence-corrected chi connectivity index (χ2v) is 3.71. The molecule has 0 radical (unpaired) electrons. The van der Waals surface area contributed by atoms with Crippen LogP contribution in [0.2, 0.25) is 0 Å². The molecule has 1 aliphatic rings. The van der Waals surface area contributed by atoms with E-state index < -0.39 is 0 Å². The molecular formula is C11H20. The van der Waals surface area contributed by atoms with Crippen LogP contribution in [-0.4, -0.2) is 0 Å². The molecule has 0 saturated carbocycles. The zero-order valence-corrected chi connectivity index (χ0v) is 7.90. The first kappa shape index (κ1) is 8.83. The molecule has 0 aromatic heterocycles. The molecule has 0 aromatic carbocycles. The number of allylic oxidation sites excluding steroid dienone is 2. The summed E-state index contributed by atoms with van der Waals surface area (Å²) >= 11 is 0. The third kappa shape index (κ3) is 2.69. The Morgan fingerprint density at radius 1 is 1.45 bits per heavy atom. The summed E-state index contributed by atoms with van der Waals surface area (Å²) in [6.45, 7) is 4.64. The van der Waals surface area contributed by atoms with Crippen molar-refractivity contribution in [2.24, 2.45) is 5.92 Å². The fraction of sp³-hybridized carbons (Fsp3) is 0.818. The van der Waals surface area contributed by atoms with E-state index in [4.69, 9.17) is 0 Å². The summed E-state index contributed by atoms with van der Waals surface area (Å²) in [7, 11) is 0. The van der Waals surface area contributed by atoms with Crippen molar-refractivity contribution in [3.63, 3.8) is 0 Å². The Morgan fingerprint density at radius 2 is 2.27 bits per heavy atom. The van der Waals surface area contributed by atoms with Gasteiger partial charge < -0.3 is 0 Å². The normalized spacial score (nSPS) is 23.8. The summed E-state index contributed by atoms with van der Waals surface area (Å²) in [5.74, 6) is 0.895. The van der Waals surface area contributed by atoms with E-state index >= 15 is 0 Å². The van der Waals surface area contributed by atoms with Crippen LogP contribution in [0.1, 0.15) is 52.4 Å². The third-order valence-corrected chi connectivity index (χ3v) is 2.71. The van der Waals surface area contributed by atoms with E-state index in [0.29, 0.717) is 0 Å². The van der Waals surface area contributed by atoms with Gasteiger partial charge in [0.15, 0.2) is 0 Å². The van der Waals surface area contributed by atoms with E-state index in [0.717, 1.165) is 5.92 Å². The zero-order chi connectivity index (χ0) is 8.10. The molecule has 0 heterocycles. The maximum Gasteiger partial charge on any atom is -0.0229 e. The molecule has 1 unspecified atom stereocenters. The van der Waals surface area contributed by atoms with Crippen molar-refractivity contribution in [3.05, 3.63) is 11.6 Å². The standard InChI is InChI=1S/C11H20/c1-3-4-5-8-11-9-6-7-10(11)2/h9-10H,3-8H2,1-2H3. The van der Waals surface area contributed by atoms with Crippen LogP contribution in [0.4, 0.5) is 0 Å². The molecule has 0 saturated heterocycles. The van der Waals surface area contributed by atoms with Crippen molar-refractivity contribution in [1.29, 1.82) is 0 Å². The van der Waals surface area contributed by atoms with E-state index in [-0.39, 0.29) is 0 Å². The number of hydrogen-bond donors (Lipinski definition) is 0. The highest BCUT2D eigenvalue weighted by Crippen LogP contribution is 2.28. The number of hydrogen-bond acceptors (Lipinski definition) is 0. The van der Waals surface area contributed by atoms with Crippen molar-refractivity contribution in [2.75, 3.05) is 0 Å². The SMILES string of the molecule is CCCCCC1=CCCC1C. The summed E-state index contributed by atoms with van der Waals surface area (Å²) in [4.78, 5) is 0. The van der Waals surface area contributed by atoms with Crippen LogP contribution in [-0.2, 0) is 0 Å². The van der Waals surface area contributed by atoms with E-state index in [2.05, 4.69) is 19.9 Å². The van der Waals surface area contributed by atoms with Gasteiger partial charge in [-0.15, -0.1) is 0 Å². The second kappa shape index (κ2) is 4.58. The van der Waals surface area contributed by atoms with E-state index in [1.54, 1.807) is 5.57 Å². The van der Waals surface area contributed by atoms with Gasteiger partial charge in [0.25, 0.3) is 0 Å². The maximum atomic E-state index is 2.46. The van der Waals surface area contributed by atoms with Gasteiger partial charge in [-0.1, -0.05) is 38.3 Å². The first-order valence-electron chi connectivity index (χ1n) is 5.03. The smallest absolute Gasteiger partial charge is 0.0229 e. The molecule has 1 aliphatic carbocycles. The maximum absolute atomic E-state index is 2.46. The molecule has 0 spiro atoms. The monoisotopic (exact) mass is 152 g/mol. The first-order chi connectivity index (χ1) is 5.34. The highest BCUT2D eigenvalue weighted by Gasteiger charge is 2.12. The Balaban J connectivity index is 2.15. The van der Waals surface area contributed by atoms with Gasteiger partial charge in [0, 0.05) is 0 Å². The van der Waals surface area contributed by atoms with Gasteiger partial charge in [-0.2, -0.15) is 0 Å². The van der Waals surface area contributed by atoms with Crippen molar-refractivity contribution in [1.82, 2.24) is 0 Å². The second-order valence-electron chi connectivity index (χ2n) is 3.71. The minimum absolute atomic E-state index is 0.895. The average molecular weight is 152 g/mol. The summed E-state index contributed by atoms with van der Waals surface area (Å²) in [5.41, 5.74) is 1.73. The van der Waals surface area contributed by atoms with Gasteiger partial charge in [0.05, 0.1) is 0 Å². The summed E-state index contributed by atoms with van der Waals surface area (Å²) in [6, 6.07) is 0. The van der Waals surface area contributed by atoms with Crippen molar-refractivity contribution < 1.29 is 0 Å². The molecule has 0 bridgehead atoms. The Kier molecular flexibility index (Phi) is 3.68. The lowest BCUT2D eigenvalue weighted by Crippen LogP contribution is -1.92. The van der Waals surface area contributed by atoms with Crippen LogP contribution in [0.5, 0.6) is 0 Å². The molecular weight excluding hydrogens is 132 g/mol. The molecule has 0 nitrogen and oxygen atoms in total. The molecule has 64 valence electrons. The third-order valence-electron chi connectivity index (χ3n) is 2.71. The predicted molar refractivity (Wildman–Crippen MR) is 50.6 cm³/mol. The molecule has 0 heteroatoms. The average Bonchev–Trinajstić information content (AvgIpc) is 2.37. The highest BCUT2D eigenvalue weighted by molar-refractivity contribution is 5.11. The van der Waals surface area contributed by atoms with Crippen molar-refractivity contribution in [3.8, 4) is 0 Å². The predicted octanol–water partition coefficient (Wildman–Crippen LogP) is 3.92. The van der Waals surface area contributed by atoms with Gasteiger partial charge in [-0.3, -0.25) is 0 Å². The molecule has 1 rings (SSSR count). The van der Waals surface area contributed by atoms with Gasteiger partial charge in [0.1, 0.15) is 0 Å². The lowest BCUT2D eigenvalue weighted by molar-refractivity contribution is 0.615. The van der Waals surface area contributed by atoms with Crippen LogP contribution in [0, 0.1) is 5.92 Å². The number of unbranched alkanes of at least 4 members (excludes halogenated alkanes) is 2. The fourth-order valence-electron chi connectivity index (χ4n) is 1.83. The van der Waals surface area contributed by atoms with Crippen LogP contribution >= 0.6 is 0 Å². The van der Waals surface area contributed by atoms with Crippen LogP contribution in [0.15, 0.2) is 11.6 Å². The molecule has 0 aliphatic heterocycles. The molecule has 0 amide bonds. The lowest BCUT2D eigenvalue weighted by atomic mass is 9.99. The van der Waals surface area contributed by atoms with Gasteiger partial charge in [-0.05, 0) is 31.6 Å². The molecule has 0 aromatic rings. The quantitative estimate of drug-likeness (QED) is 0.423. The summed E-state index contributed by atoms with van der Waals surface area (Å²) in [6.07, 6.45) is 10.7. The Hall–Kier alpha value is -0.260. The topological polar surface area (TPSA) is 0 Å². The molecule has 11 heavy (non-hydrogen) atoms. The van der Waals surface area contributed by atoms with Crippen LogP contribution in [0.3, 0.4) is 0 Å². The van der Waals surface area contributed by atoms with Crippen molar-refractivity contribution >= 4 is 0 Å². The lowest BCUT2D eigenvalue weighted by Gasteiger charge is -2.07.